The Balaban J connectivity index is 0.000000776. The van der Waals surface area contributed by atoms with Crippen molar-refractivity contribution in [1.82, 2.24) is 0 Å². The Morgan fingerprint density at radius 1 is 0.762 bits per heavy atom. The van der Waals surface area contributed by atoms with Gasteiger partial charge < -0.3 is 24.8 Å². The molecule has 0 bridgehead atoms. The summed E-state index contributed by atoms with van der Waals surface area (Å²) in [4.78, 5) is 0. The average Bonchev–Trinajstić information content (AvgIpc) is 3.54. The summed E-state index contributed by atoms with van der Waals surface area (Å²) < 4.78 is 0. The van der Waals surface area contributed by atoms with Crippen molar-refractivity contribution < 1.29 is 51.0 Å². The van der Waals surface area contributed by atoms with Crippen LogP contribution in [0.3, 0.4) is 0 Å². The molecule has 0 aliphatic heterocycles. The van der Waals surface area contributed by atoms with E-state index in [4.69, 9.17) is 0 Å². The third-order valence-electron chi connectivity index (χ3n) is 8.15. The molecule has 0 aromatic heterocycles. The topological polar surface area (TPSA) is 0 Å². The zero-order chi connectivity index (χ0) is 26.8. The molecule has 0 N–H and O–H groups in total. The second kappa shape index (κ2) is 15.5. The maximum absolute atomic E-state index is 3.74. The molecule has 4 heteroatoms. The van der Waals surface area contributed by atoms with Gasteiger partial charge in [-0.15, -0.1) is 16.7 Å². The Morgan fingerprint density at radius 3 is 2.24 bits per heavy atom. The van der Waals surface area contributed by atoms with Gasteiger partial charge in [-0.3, -0.25) is 0 Å². The summed E-state index contributed by atoms with van der Waals surface area (Å²) in [6, 6.07) is 39.4. The first-order valence-electron chi connectivity index (χ1n) is 14.3. The Kier molecular flexibility index (Phi) is 12.6. The standard InChI is InChI=1S/C36H29.C2H6Si.2ClH.Zr/c1-2-3-11-26-23-35-31(29-17-8-14-24-12-4-6-15-27(24)29)19-10-21-33(35)36(26)32-20-9-18-30-28-16-7-5-13-25(28)22-34(30)32;1-3-2;;;/h4-10,12-19,21,23,36H,2-3,11,22H2,1H3;1-2H3;2*1H;/q-1;;;;+3/p-2. The number of halogens is 2. The largest absolute Gasteiger partial charge is 3.00 e. The minimum atomic E-state index is 0. The fourth-order valence-corrected chi connectivity index (χ4v) is 6.47. The molecule has 5 aromatic rings. The van der Waals surface area contributed by atoms with Gasteiger partial charge in [-0.2, -0.15) is 18.2 Å². The van der Waals surface area contributed by atoms with Crippen molar-refractivity contribution in [1.29, 1.82) is 0 Å². The van der Waals surface area contributed by atoms with Gasteiger partial charge >= 0.3 is 26.2 Å². The predicted octanol–water partition coefficient (Wildman–Crippen LogP) is 4.39. The zero-order valence-electron chi connectivity index (χ0n) is 24.5. The molecule has 1 unspecified atom stereocenters. The smallest absolute Gasteiger partial charge is 1.00 e. The van der Waals surface area contributed by atoms with E-state index in [1.165, 1.54) is 73.7 Å². The van der Waals surface area contributed by atoms with E-state index in [2.05, 4.69) is 129 Å². The van der Waals surface area contributed by atoms with Crippen LogP contribution in [0.1, 0.15) is 59.9 Å². The third kappa shape index (κ3) is 6.34. The van der Waals surface area contributed by atoms with Gasteiger partial charge in [0.2, 0.25) is 0 Å². The van der Waals surface area contributed by atoms with Gasteiger partial charge in [0.1, 0.15) is 0 Å². The number of benzene rings is 5. The van der Waals surface area contributed by atoms with E-state index in [9.17, 15) is 0 Å². The summed E-state index contributed by atoms with van der Waals surface area (Å²) in [5, 5.41) is 2.62. The first-order chi connectivity index (χ1) is 19.2. The van der Waals surface area contributed by atoms with Gasteiger partial charge in [0, 0.05) is 15.4 Å². The first-order valence-corrected chi connectivity index (χ1v) is 16.3. The molecule has 7 rings (SSSR count). The summed E-state index contributed by atoms with van der Waals surface area (Å²) in [5.74, 6) is 0.283. The molecule has 0 amide bonds. The summed E-state index contributed by atoms with van der Waals surface area (Å²) >= 11 is 0. The van der Waals surface area contributed by atoms with Gasteiger partial charge in [-0.1, -0.05) is 123 Å². The van der Waals surface area contributed by atoms with Gasteiger partial charge in [0.15, 0.2) is 0 Å². The summed E-state index contributed by atoms with van der Waals surface area (Å²) in [6.45, 7) is 6.60. The van der Waals surface area contributed by atoms with Crippen LogP contribution in [0.25, 0.3) is 39.1 Å². The Morgan fingerprint density at radius 2 is 1.43 bits per heavy atom. The van der Waals surface area contributed by atoms with Crippen LogP contribution < -0.4 is 24.8 Å². The van der Waals surface area contributed by atoms with Crippen molar-refractivity contribution >= 4 is 26.4 Å². The Hall–Kier alpha value is -2.22. The normalized spacial score (nSPS) is 13.7. The van der Waals surface area contributed by atoms with Crippen molar-refractivity contribution in [3.8, 4) is 22.3 Å². The molecule has 0 saturated heterocycles. The van der Waals surface area contributed by atoms with E-state index in [1.54, 1.807) is 5.57 Å². The summed E-state index contributed by atoms with van der Waals surface area (Å²) in [6.07, 6.45) is 7.08. The van der Waals surface area contributed by atoms with E-state index in [0.29, 0.717) is 0 Å². The summed E-state index contributed by atoms with van der Waals surface area (Å²) in [5.41, 5.74) is 14.1. The minimum Gasteiger partial charge on any atom is -1.00 e. The number of rotatable bonds is 5. The van der Waals surface area contributed by atoms with Crippen LogP contribution in [0, 0.1) is 6.07 Å². The van der Waals surface area contributed by atoms with Crippen LogP contribution in [0.15, 0.2) is 103 Å². The van der Waals surface area contributed by atoms with E-state index in [0.717, 1.165) is 22.4 Å². The molecule has 3 radical (unpaired) electrons. The maximum atomic E-state index is 3.74. The molecule has 0 spiro atoms. The van der Waals surface area contributed by atoms with Gasteiger partial charge in [-0.05, 0) is 63.4 Å². The number of fused-ring (bicyclic) bond motifs is 5. The summed E-state index contributed by atoms with van der Waals surface area (Å²) in [7, 11) is 1.08. The van der Waals surface area contributed by atoms with Crippen LogP contribution in [-0.2, 0) is 32.6 Å². The third-order valence-corrected chi connectivity index (χ3v) is 8.15. The van der Waals surface area contributed by atoms with Gasteiger partial charge in [-0.25, -0.2) is 0 Å². The molecule has 0 nitrogen and oxygen atoms in total. The number of hydrogen-bond donors (Lipinski definition) is 0. The number of unbranched alkanes of at least 4 members (excludes halogenated alkanes) is 1. The molecule has 2 aliphatic rings. The van der Waals surface area contributed by atoms with E-state index < -0.39 is 0 Å². The first kappa shape index (κ1) is 34.3. The average molecular weight is 682 g/mol. The molecule has 0 saturated carbocycles. The van der Waals surface area contributed by atoms with E-state index >= 15 is 0 Å². The SMILES string of the molecule is CCCCC1=Cc2c(-c3cccc4ccccc34)cccc2C1c1[c-]ccc2c1Cc1ccccc1-2.C[Si]C.[Cl-].[Cl-].[Zr+3]. The van der Waals surface area contributed by atoms with Crippen LogP contribution in [0.2, 0.25) is 13.1 Å². The van der Waals surface area contributed by atoms with Gasteiger partial charge in [0.05, 0.1) is 0 Å². The van der Waals surface area contributed by atoms with Crippen molar-refractivity contribution in [2.24, 2.45) is 0 Å². The number of allylic oxidation sites excluding steroid dienone is 1. The second-order valence-corrected chi connectivity index (χ2v) is 11.7. The van der Waals surface area contributed by atoms with Crippen LogP contribution >= 0.6 is 0 Å². The fourth-order valence-electron chi connectivity index (χ4n) is 6.47. The fraction of sp³-hybridized carbons (Fsp3) is 0.211. The van der Waals surface area contributed by atoms with Crippen molar-refractivity contribution in [3.05, 3.63) is 137 Å². The van der Waals surface area contributed by atoms with Crippen LogP contribution in [0.4, 0.5) is 0 Å². The molecule has 2 aliphatic carbocycles. The molecular formula is C38H35Cl2SiZr. The van der Waals surface area contributed by atoms with Crippen LogP contribution in [0.5, 0.6) is 0 Å². The van der Waals surface area contributed by atoms with E-state index in [-0.39, 0.29) is 56.9 Å². The van der Waals surface area contributed by atoms with Crippen molar-refractivity contribution in [3.63, 3.8) is 0 Å². The Bertz CT molecular complexity index is 1690. The van der Waals surface area contributed by atoms with E-state index in [1.807, 2.05) is 0 Å². The molecule has 42 heavy (non-hydrogen) atoms. The minimum absolute atomic E-state index is 0. The van der Waals surface area contributed by atoms with Crippen molar-refractivity contribution in [2.45, 2.75) is 51.6 Å². The molecule has 5 aromatic carbocycles. The van der Waals surface area contributed by atoms with Crippen LogP contribution in [-0.4, -0.2) is 9.52 Å². The van der Waals surface area contributed by atoms with Crippen molar-refractivity contribution in [2.75, 3.05) is 0 Å². The Labute approximate surface area is 285 Å². The molecule has 0 heterocycles. The predicted molar refractivity (Wildman–Crippen MR) is 170 cm³/mol. The molecule has 0 fully saturated rings. The quantitative estimate of drug-likeness (QED) is 0.187. The number of hydrogen-bond acceptors (Lipinski definition) is 0. The maximum Gasteiger partial charge on any atom is 3.00 e. The zero-order valence-corrected chi connectivity index (χ0v) is 29.4. The monoisotopic (exact) mass is 679 g/mol. The molecule has 1 atom stereocenters. The van der Waals surface area contributed by atoms with Gasteiger partial charge in [0.25, 0.3) is 0 Å². The second-order valence-electron chi connectivity index (χ2n) is 10.7. The molecular weight excluding hydrogens is 647 g/mol. The molecule has 209 valence electrons.